The number of para-hydroxylation sites is 1. The summed E-state index contributed by atoms with van der Waals surface area (Å²) >= 11 is 0.830. The number of ether oxygens (including phenoxy) is 1. The standard InChI is InChI=1S/C27H26N2O4S/c1-16(2)33-22-13-12-19-10-5-6-11-20(19)21(22)14-23-26(31)29(27(32)34-23)15-24(30)28-25-17(3)8-7-9-18(25)4/h5-14,16H,15H2,1-4H3,(H,28,30)/b23-14-. The van der Waals surface area contributed by atoms with Crippen LogP contribution in [0, 0.1) is 13.8 Å². The molecule has 1 fully saturated rings. The Morgan fingerprint density at radius 2 is 1.74 bits per heavy atom. The van der Waals surface area contributed by atoms with Crippen LogP contribution in [0.1, 0.15) is 30.5 Å². The molecule has 34 heavy (non-hydrogen) atoms. The molecular formula is C27H26N2O4S. The van der Waals surface area contributed by atoms with E-state index >= 15 is 0 Å². The van der Waals surface area contributed by atoms with Crippen LogP contribution in [-0.2, 0) is 9.59 Å². The van der Waals surface area contributed by atoms with E-state index in [0.29, 0.717) is 11.4 Å². The number of fused-ring (bicyclic) bond motifs is 1. The van der Waals surface area contributed by atoms with Crippen molar-refractivity contribution in [3.05, 3.63) is 76.2 Å². The summed E-state index contributed by atoms with van der Waals surface area (Å²) in [6.45, 7) is 7.31. The SMILES string of the molecule is Cc1cccc(C)c1NC(=O)CN1C(=O)S/C(=C\c2c(OC(C)C)ccc3ccccc23)C1=O. The van der Waals surface area contributed by atoms with Gasteiger partial charge >= 0.3 is 0 Å². The van der Waals surface area contributed by atoms with Gasteiger partial charge in [-0.05, 0) is 73.5 Å². The van der Waals surface area contributed by atoms with Gasteiger partial charge in [0, 0.05) is 11.3 Å². The lowest BCUT2D eigenvalue weighted by atomic mass is 10.0. The van der Waals surface area contributed by atoms with E-state index in [1.54, 1.807) is 6.08 Å². The topological polar surface area (TPSA) is 75.7 Å². The van der Waals surface area contributed by atoms with E-state index in [4.69, 9.17) is 4.74 Å². The van der Waals surface area contributed by atoms with Crippen molar-refractivity contribution in [2.45, 2.75) is 33.8 Å². The monoisotopic (exact) mass is 474 g/mol. The lowest BCUT2D eigenvalue weighted by Crippen LogP contribution is -2.36. The highest BCUT2D eigenvalue weighted by atomic mass is 32.2. The van der Waals surface area contributed by atoms with Crippen molar-refractivity contribution in [2.75, 3.05) is 11.9 Å². The molecule has 1 aliphatic heterocycles. The maximum atomic E-state index is 13.1. The van der Waals surface area contributed by atoms with Gasteiger partial charge in [0.1, 0.15) is 12.3 Å². The average molecular weight is 475 g/mol. The summed E-state index contributed by atoms with van der Waals surface area (Å²) in [5, 5.41) is 4.27. The molecule has 174 valence electrons. The maximum absolute atomic E-state index is 13.1. The van der Waals surface area contributed by atoms with Gasteiger partial charge in [-0.15, -0.1) is 0 Å². The normalized spacial score (nSPS) is 15.0. The minimum atomic E-state index is -0.491. The van der Waals surface area contributed by atoms with Crippen molar-refractivity contribution >= 4 is 51.4 Å². The number of aryl methyl sites for hydroxylation is 2. The number of benzene rings is 3. The molecule has 0 aliphatic carbocycles. The van der Waals surface area contributed by atoms with E-state index in [1.807, 2.05) is 82.3 Å². The first-order valence-corrected chi connectivity index (χ1v) is 11.9. The van der Waals surface area contributed by atoms with Crippen LogP contribution in [0.5, 0.6) is 5.75 Å². The summed E-state index contributed by atoms with van der Waals surface area (Å²) in [6.07, 6.45) is 1.63. The molecule has 6 nitrogen and oxygen atoms in total. The highest BCUT2D eigenvalue weighted by Crippen LogP contribution is 2.37. The van der Waals surface area contributed by atoms with Crippen LogP contribution in [-0.4, -0.2) is 34.6 Å². The third kappa shape index (κ3) is 4.84. The molecule has 1 heterocycles. The first kappa shape index (κ1) is 23.6. The molecule has 1 aliphatic rings. The van der Waals surface area contributed by atoms with Crippen LogP contribution in [0.15, 0.2) is 59.5 Å². The fourth-order valence-corrected chi connectivity index (χ4v) is 4.70. The molecule has 3 aromatic carbocycles. The van der Waals surface area contributed by atoms with E-state index in [-0.39, 0.29) is 17.6 Å². The van der Waals surface area contributed by atoms with E-state index in [0.717, 1.165) is 44.1 Å². The Morgan fingerprint density at radius 1 is 1.03 bits per heavy atom. The van der Waals surface area contributed by atoms with Crippen molar-refractivity contribution in [1.29, 1.82) is 0 Å². The quantitative estimate of drug-likeness (QED) is 0.449. The number of imide groups is 1. The van der Waals surface area contributed by atoms with Gasteiger partial charge in [0.15, 0.2) is 0 Å². The van der Waals surface area contributed by atoms with Gasteiger partial charge in [0.25, 0.3) is 11.1 Å². The van der Waals surface area contributed by atoms with E-state index in [9.17, 15) is 14.4 Å². The fraction of sp³-hybridized carbons (Fsp3) is 0.222. The zero-order valence-corrected chi connectivity index (χ0v) is 20.4. The second-order valence-corrected chi connectivity index (χ2v) is 9.44. The Balaban J connectivity index is 1.61. The number of amides is 3. The largest absolute Gasteiger partial charge is 0.490 e. The molecule has 0 unspecified atom stereocenters. The molecule has 7 heteroatoms. The summed E-state index contributed by atoms with van der Waals surface area (Å²) in [6, 6.07) is 17.3. The third-order valence-electron chi connectivity index (χ3n) is 5.49. The number of nitrogens with one attached hydrogen (secondary N) is 1. The van der Waals surface area contributed by atoms with Gasteiger partial charge in [-0.1, -0.05) is 48.5 Å². The van der Waals surface area contributed by atoms with E-state index in [1.165, 1.54) is 0 Å². The van der Waals surface area contributed by atoms with Crippen LogP contribution in [0.3, 0.4) is 0 Å². The van der Waals surface area contributed by atoms with Crippen molar-refractivity contribution < 1.29 is 19.1 Å². The number of carbonyl (C=O) groups excluding carboxylic acids is 3. The predicted molar refractivity (Wildman–Crippen MR) is 137 cm³/mol. The summed E-state index contributed by atoms with van der Waals surface area (Å²) in [7, 11) is 0. The van der Waals surface area contributed by atoms with Crippen molar-refractivity contribution in [3.8, 4) is 5.75 Å². The van der Waals surface area contributed by atoms with Crippen LogP contribution < -0.4 is 10.1 Å². The van der Waals surface area contributed by atoms with Gasteiger partial charge in [-0.2, -0.15) is 0 Å². The van der Waals surface area contributed by atoms with E-state index < -0.39 is 17.1 Å². The smallest absolute Gasteiger partial charge is 0.294 e. The number of anilines is 1. The van der Waals surface area contributed by atoms with Crippen LogP contribution in [0.25, 0.3) is 16.8 Å². The summed E-state index contributed by atoms with van der Waals surface area (Å²) in [5.74, 6) is -0.279. The molecule has 1 saturated heterocycles. The minimum absolute atomic E-state index is 0.0584. The van der Waals surface area contributed by atoms with E-state index in [2.05, 4.69) is 5.32 Å². The molecule has 0 atom stereocenters. The molecule has 3 amide bonds. The summed E-state index contributed by atoms with van der Waals surface area (Å²) in [5.41, 5.74) is 3.26. The Bertz CT molecular complexity index is 1310. The molecule has 0 bridgehead atoms. The molecule has 0 radical (unpaired) electrons. The van der Waals surface area contributed by atoms with Gasteiger partial charge in [-0.25, -0.2) is 0 Å². The predicted octanol–water partition coefficient (Wildman–Crippen LogP) is 5.92. The maximum Gasteiger partial charge on any atom is 0.294 e. The highest BCUT2D eigenvalue weighted by molar-refractivity contribution is 8.18. The molecular weight excluding hydrogens is 448 g/mol. The zero-order chi connectivity index (χ0) is 24.4. The van der Waals surface area contributed by atoms with Crippen molar-refractivity contribution in [3.63, 3.8) is 0 Å². The zero-order valence-electron chi connectivity index (χ0n) is 19.5. The molecule has 3 aromatic rings. The first-order valence-electron chi connectivity index (χ1n) is 11.0. The molecule has 4 rings (SSSR count). The van der Waals surface area contributed by atoms with Gasteiger partial charge in [0.05, 0.1) is 11.0 Å². The second kappa shape index (κ2) is 9.73. The molecule has 1 N–H and O–H groups in total. The lowest BCUT2D eigenvalue weighted by molar-refractivity contribution is -0.127. The number of rotatable bonds is 6. The van der Waals surface area contributed by atoms with Crippen molar-refractivity contribution in [2.24, 2.45) is 0 Å². The number of hydrogen-bond acceptors (Lipinski definition) is 5. The molecule has 0 saturated carbocycles. The minimum Gasteiger partial charge on any atom is -0.490 e. The Labute approximate surface area is 203 Å². The molecule has 0 spiro atoms. The Hall–Kier alpha value is -3.58. The lowest BCUT2D eigenvalue weighted by Gasteiger charge is -2.16. The van der Waals surface area contributed by atoms with Gasteiger partial charge < -0.3 is 10.1 Å². The van der Waals surface area contributed by atoms with Crippen LogP contribution in [0.2, 0.25) is 0 Å². The second-order valence-electron chi connectivity index (χ2n) is 8.45. The Morgan fingerprint density at radius 3 is 2.44 bits per heavy atom. The van der Waals surface area contributed by atoms with Gasteiger partial charge in [-0.3, -0.25) is 19.3 Å². The number of carbonyl (C=O) groups is 3. The summed E-state index contributed by atoms with van der Waals surface area (Å²) < 4.78 is 5.98. The van der Waals surface area contributed by atoms with Crippen molar-refractivity contribution in [1.82, 2.24) is 4.90 Å². The fourth-order valence-electron chi connectivity index (χ4n) is 3.88. The average Bonchev–Trinajstić information content (AvgIpc) is 3.05. The third-order valence-corrected chi connectivity index (χ3v) is 6.40. The Kier molecular flexibility index (Phi) is 6.75. The van der Waals surface area contributed by atoms with Crippen LogP contribution >= 0.6 is 11.8 Å². The molecule has 0 aromatic heterocycles. The van der Waals surface area contributed by atoms with Gasteiger partial charge in [0.2, 0.25) is 5.91 Å². The number of nitrogens with zero attached hydrogens (tertiary/aromatic N) is 1. The first-order chi connectivity index (χ1) is 16.2. The number of hydrogen-bond donors (Lipinski definition) is 1. The number of thioether (sulfide) groups is 1. The highest BCUT2D eigenvalue weighted by Gasteiger charge is 2.36. The van der Waals surface area contributed by atoms with Crippen LogP contribution in [0.4, 0.5) is 10.5 Å². The summed E-state index contributed by atoms with van der Waals surface area (Å²) in [4.78, 5) is 39.7.